The van der Waals surface area contributed by atoms with Crippen molar-refractivity contribution in [3.63, 3.8) is 0 Å². The monoisotopic (exact) mass is 442 g/mol. The maximum Gasteiger partial charge on any atom is 0.255 e. The molecule has 1 aliphatic heterocycles. The van der Waals surface area contributed by atoms with E-state index in [2.05, 4.69) is 5.32 Å². The third-order valence-electron chi connectivity index (χ3n) is 5.75. The van der Waals surface area contributed by atoms with Gasteiger partial charge in [-0.25, -0.2) is 0 Å². The van der Waals surface area contributed by atoms with Gasteiger partial charge >= 0.3 is 0 Å². The SMILES string of the molecule is CCSCC(=O)N1CC[C@](NC(=O)c2cc(C)ccc2OC)(c2ccccc2)[C@H](O)C1. The van der Waals surface area contributed by atoms with Crippen LogP contribution in [0.3, 0.4) is 0 Å². The highest BCUT2D eigenvalue weighted by atomic mass is 32.2. The molecule has 3 rings (SSSR count). The van der Waals surface area contributed by atoms with Gasteiger partial charge < -0.3 is 20.1 Å². The lowest BCUT2D eigenvalue weighted by Crippen LogP contribution is -2.62. The molecule has 2 N–H and O–H groups in total. The van der Waals surface area contributed by atoms with Crippen molar-refractivity contribution in [2.75, 3.05) is 31.7 Å². The summed E-state index contributed by atoms with van der Waals surface area (Å²) in [5, 5.41) is 14.4. The molecule has 0 radical (unpaired) electrons. The number of rotatable bonds is 7. The molecular weight excluding hydrogens is 412 g/mol. The highest BCUT2D eigenvalue weighted by Gasteiger charge is 2.46. The average molecular weight is 443 g/mol. The summed E-state index contributed by atoms with van der Waals surface area (Å²) in [4.78, 5) is 27.5. The number of piperidine rings is 1. The van der Waals surface area contributed by atoms with Gasteiger partial charge in [-0.05, 0) is 36.8 Å². The summed E-state index contributed by atoms with van der Waals surface area (Å²) in [5.41, 5.74) is 1.18. The van der Waals surface area contributed by atoms with E-state index < -0.39 is 11.6 Å². The third-order valence-corrected chi connectivity index (χ3v) is 6.61. The Bertz CT molecular complexity index is 921. The van der Waals surface area contributed by atoms with Crippen molar-refractivity contribution in [1.82, 2.24) is 10.2 Å². The molecular formula is C24H30N2O4S. The van der Waals surface area contributed by atoms with Crippen molar-refractivity contribution in [3.05, 3.63) is 65.2 Å². The van der Waals surface area contributed by atoms with Gasteiger partial charge in [0.1, 0.15) is 5.75 Å². The number of thioether (sulfide) groups is 1. The number of methoxy groups -OCH3 is 1. The van der Waals surface area contributed by atoms with E-state index in [9.17, 15) is 14.7 Å². The molecule has 166 valence electrons. The zero-order valence-corrected chi connectivity index (χ0v) is 19.1. The lowest BCUT2D eigenvalue weighted by Gasteiger charge is -2.46. The second kappa shape index (κ2) is 10.2. The predicted octanol–water partition coefficient (Wildman–Crippen LogP) is 2.98. The Labute approximate surface area is 188 Å². The van der Waals surface area contributed by atoms with Crippen LogP contribution >= 0.6 is 11.8 Å². The van der Waals surface area contributed by atoms with Crippen molar-refractivity contribution < 1.29 is 19.4 Å². The van der Waals surface area contributed by atoms with E-state index in [0.717, 1.165) is 16.9 Å². The lowest BCUT2D eigenvalue weighted by atomic mass is 9.78. The van der Waals surface area contributed by atoms with Gasteiger partial charge in [0.25, 0.3) is 5.91 Å². The zero-order chi connectivity index (χ0) is 22.4. The van der Waals surface area contributed by atoms with Crippen LogP contribution in [0.25, 0.3) is 0 Å². The molecule has 1 heterocycles. The fourth-order valence-electron chi connectivity index (χ4n) is 4.00. The van der Waals surface area contributed by atoms with Gasteiger partial charge in [0, 0.05) is 13.1 Å². The highest BCUT2D eigenvalue weighted by Crippen LogP contribution is 2.35. The summed E-state index contributed by atoms with van der Waals surface area (Å²) < 4.78 is 5.38. The van der Waals surface area contributed by atoms with E-state index in [1.165, 1.54) is 7.11 Å². The zero-order valence-electron chi connectivity index (χ0n) is 18.3. The van der Waals surface area contributed by atoms with Crippen molar-refractivity contribution in [2.24, 2.45) is 0 Å². The van der Waals surface area contributed by atoms with Crippen LogP contribution in [0, 0.1) is 6.92 Å². The van der Waals surface area contributed by atoms with E-state index >= 15 is 0 Å². The van der Waals surface area contributed by atoms with Crippen LogP contribution in [-0.4, -0.2) is 59.6 Å². The molecule has 0 unspecified atom stereocenters. The van der Waals surface area contributed by atoms with Crippen LogP contribution in [0.4, 0.5) is 0 Å². The largest absolute Gasteiger partial charge is 0.496 e. The standard InChI is InChI=1S/C24H30N2O4S/c1-4-31-16-22(28)26-13-12-24(21(27)15-26,18-8-6-5-7-9-18)25-23(29)19-14-17(2)10-11-20(19)30-3/h5-11,14,21,27H,4,12-13,15-16H2,1-3H3,(H,25,29)/t21-,24+/m1/s1. The summed E-state index contributed by atoms with van der Waals surface area (Å²) in [6.07, 6.45) is -0.528. The van der Waals surface area contributed by atoms with E-state index in [1.807, 2.05) is 50.2 Å². The fraction of sp³-hybridized carbons (Fsp3) is 0.417. The Kier molecular flexibility index (Phi) is 7.62. The molecule has 0 aliphatic carbocycles. The summed E-state index contributed by atoms with van der Waals surface area (Å²) in [6, 6.07) is 14.9. The average Bonchev–Trinajstić information content (AvgIpc) is 2.79. The molecule has 1 fully saturated rings. The van der Waals surface area contributed by atoms with E-state index in [4.69, 9.17) is 4.74 Å². The number of aryl methyl sites for hydroxylation is 1. The van der Waals surface area contributed by atoms with Crippen molar-refractivity contribution in [1.29, 1.82) is 0 Å². The third kappa shape index (κ3) is 5.05. The molecule has 0 aromatic heterocycles. The first-order valence-electron chi connectivity index (χ1n) is 10.5. The van der Waals surface area contributed by atoms with Gasteiger partial charge in [-0.3, -0.25) is 9.59 Å². The van der Waals surface area contributed by atoms with Gasteiger partial charge in [-0.1, -0.05) is 48.9 Å². The second-order valence-corrected chi connectivity index (χ2v) is 9.01. The van der Waals surface area contributed by atoms with Crippen LogP contribution in [0.5, 0.6) is 5.75 Å². The molecule has 0 bridgehead atoms. The molecule has 7 heteroatoms. The number of carbonyl (C=O) groups excluding carboxylic acids is 2. The Morgan fingerprint density at radius 3 is 2.65 bits per heavy atom. The quantitative estimate of drug-likeness (QED) is 0.689. The maximum absolute atomic E-state index is 13.3. The first kappa shape index (κ1) is 23.2. The van der Waals surface area contributed by atoms with Gasteiger partial charge in [0.15, 0.2) is 0 Å². The van der Waals surface area contributed by atoms with Crippen LogP contribution in [0.15, 0.2) is 48.5 Å². The Balaban J connectivity index is 1.91. The normalized spacial score (nSPS) is 20.9. The van der Waals surface area contributed by atoms with Gasteiger partial charge in [0.2, 0.25) is 5.91 Å². The molecule has 2 amide bonds. The van der Waals surface area contributed by atoms with Crippen molar-refractivity contribution in [3.8, 4) is 5.75 Å². The molecule has 2 aromatic carbocycles. The molecule has 2 aromatic rings. The highest BCUT2D eigenvalue weighted by molar-refractivity contribution is 7.99. The number of nitrogens with one attached hydrogen (secondary N) is 1. The number of amides is 2. The summed E-state index contributed by atoms with van der Waals surface area (Å²) in [5.74, 6) is 1.44. The number of hydrogen-bond donors (Lipinski definition) is 2. The van der Waals surface area contributed by atoms with Gasteiger partial charge in [-0.2, -0.15) is 11.8 Å². The first-order chi connectivity index (χ1) is 14.9. The molecule has 6 nitrogen and oxygen atoms in total. The van der Waals surface area contributed by atoms with Crippen molar-refractivity contribution >= 4 is 23.6 Å². The minimum absolute atomic E-state index is 0.0132. The topological polar surface area (TPSA) is 78.9 Å². The number of nitrogens with zero attached hydrogens (tertiary/aromatic N) is 1. The number of ether oxygens (including phenoxy) is 1. The van der Waals surface area contributed by atoms with Crippen LogP contribution in [0.2, 0.25) is 0 Å². The molecule has 0 saturated carbocycles. The number of β-amino-alcohol motifs (C(OH)–C–C–N with tert-alkyl or cyclic N) is 1. The molecule has 1 saturated heterocycles. The second-order valence-electron chi connectivity index (χ2n) is 7.74. The molecule has 1 aliphatic rings. The Hall–Kier alpha value is -2.51. The number of carbonyl (C=O) groups is 2. The van der Waals surface area contributed by atoms with Gasteiger partial charge in [-0.15, -0.1) is 0 Å². The number of aliphatic hydroxyl groups excluding tert-OH is 1. The van der Waals surface area contributed by atoms with E-state index in [-0.39, 0.29) is 18.4 Å². The van der Waals surface area contributed by atoms with Crippen LogP contribution in [0.1, 0.15) is 34.8 Å². The number of hydrogen-bond acceptors (Lipinski definition) is 5. The van der Waals surface area contributed by atoms with Crippen LogP contribution < -0.4 is 10.1 Å². The van der Waals surface area contributed by atoms with Gasteiger partial charge in [0.05, 0.1) is 30.1 Å². The minimum atomic E-state index is -0.998. The number of benzene rings is 2. The summed E-state index contributed by atoms with van der Waals surface area (Å²) in [6.45, 7) is 4.55. The Morgan fingerprint density at radius 1 is 1.26 bits per heavy atom. The van der Waals surface area contributed by atoms with Crippen molar-refractivity contribution in [2.45, 2.75) is 31.9 Å². The van der Waals surface area contributed by atoms with E-state index in [1.54, 1.807) is 28.8 Å². The first-order valence-corrected chi connectivity index (χ1v) is 11.6. The smallest absolute Gasteiger partial charge is 0.255 e. The predicted molar refractivity (Wildman–Crippen MR) is 124 cm³/mol. The lowest BCUT2D eigenvalue weighted by molar-refractivity contribution is -0.134. The van der Waals surface area contributed by atoms with Crippen LogP contribution in [-0.2, 0) is 10.3 Å². The minimum Gasteiger partial charge on any atom is -0.496 e. The molecule has 0 spiro atoms. The Morgan fingerprint density at radius 2 is 2.00 bits per heavy atom. The fourth-order valence-corrected chi connectivity index (χ4v) is 4.56. The maximum atomic E-state index is 13.3. The molecule has 31 heavy (non-hydrogen) atoms. The number of aliphatic hydroxyl groups is 1. The van der Waals surface area contributed by atoms with E-state index in [0.29, 0.717) is 30.0 Å². The molecule has 2 atom stereocenters. The summed E-state index contributed by atoms with van der Waals surface area (Å²) in [7, 11) is 1.53. The summed E-state index contributed by atoms with van der Waals surface area (Å²) >= 11 is 1.56. The number of likely N-dealkylation sites (tertiary alicyclic amines) is 1.